The van der Waals surface area contributed by atoms with Gasteiger partial charge in [-0.25, -0.2) is 9.48 Å². The summed E-state index contributed by atoms with van der Waals surface area (Å²) in [7, 11) is 1.71. The Labute approximate surface area is 110 Å². The van der Waals surface area contributed by atoms with Crippen molar-refractivity contribution in [3.8, 4) is 0 Å². The first kappa shape index (κ1) is 12.1. The molecule has 0 spiro atoms. The molecular weight excluding hydrogens is 246 g/mol. The van der Waals surface area contributed by atoms with E-state index in [0.29, 0.717) is 12.1 Å². The molecule has 1 aliphatic rings. The van der Waals surface area contributed by atoms with Crippen LogP contribution in [-0.2, 0) is 11.3 Å². The molecule has 0 unspecified atom stereocenters. The number of rotatable bonds is 4. The normalized spacial score (nSPS) is 17.3. The number of aromatic nitrogens is 3. The number of carbonyl (C=O) groups is 1. The first-order chi connectivity index (χ1) is 9.15. The minimum absolute atomic E-state index is 0.167. The molecule has 1 fully saturated rings. The standard InChI is InChI=1S/C13H15N3O3/c1-19-13(6-3-7-13)8-16-10-5-2-4-9(12(17)18)11(10)14-15-16/h2,4-5H,3,6-8H2,1H3,(H,17,18). The van der Waals surface area contributed by atoms with Gasteiger partial charge in [0, 0.05) is 7.11 Å². The van der Waals surface area contributed by atoms with Crippen molar-refractivity contribution in [2.45, 2.75) is 31.4 Å². The van der Waals surface area contributed by atoms with Crippen molar-refractivity contribution in [1.82, 2.24) is 15.0 Å². The van der Waals surface area contributed by atoms with E-state index in [-0.39, 0.29) is 11.2 Å². The van der Waals surface area contributed by atoms with Crippen molar-refractivity contribution in [2.75, 3.05) is 7.11 Å². The van der Waals surface area contributed by atoms with Gasteiger partial charge in [0.1, 0.15) is 5.52 Å². The topological polar surface area (TPSA) is 77.2 Å². The lowest BCUT2D eigenvalue weighted by molar-refractivity contribution is -0.0850. The van der Waals surface area contributed by atoms with E-state index in [4.69, 9.17) is 9.84 Å². The van der Waals surface area contributed by atoms with Crippen LogP contribution in [0.15, 0.2) is 18.2 Å². The van der Waals surface area contributed by atoms with E-state index in [1.165, 1.54) is 0 Å². The SMILES string of the molecule is COC1(Cn2nnc3c(C(=O)O)cccc32)CCC1. The average Bonchev–Trinajstić information content (AvgIpc) is 2.76. The predicted molar refractivity (Wildman–Crippen MR) is 68.1 cm³/mol. The summed E-state index contributed by atoms with van der Waals surface area (Å²) in [5.41, 5.74) is 1.19. The molecule has 1 heterocycles. The number of aromatic carboxylic acids is 1. The Balaban J connectivity index is 2.01. The lowest BCUT2D eigenvalue weighted by atomic mass is 9.80. The zero-order valence-corrected chi connectivity index (χ0v) is 10.7. The summed E-state index contributed by atoms with van der Waals surface area (Å²) in [5, 5.41) is 17.2. The van der Waals surface area contributed by atoms with Gasteiger partial charge in [-0.2, -0.15) is 0 Å². The third kappa shape index (κ3) is 1.88. The van der Waals surface area contributed by atoms with Crippen molar-refractivity contribution in [3.05, 3.63) is 23.8 Å². The molecule has 6 heteroatoms. The van der Waals surface area contributed by atoms with Gasteiger partial charge in [-0.15, -0.1) is 5.10 Å². The fourth-order valence-corrected chi connectivity index (χ4v) is 2.55. The van der Waals surface area contributed by atoms with Crippen LogP contribution in [-0.4, -0.2) is 38.8 Å². The molecule has 0 saturated heterocycles. The van der Waals surface area contributed by atoms with Gasteiger partial charge >= 0.3 is 5.97 Å². The van der Waals surface area contributed by atoms with Crippen LogP contribution in [0.3, 0.4) is 0 Å². The highest BCUT2D eigenvalue weighted by Crippen LogP contribution is 2.36. The molecule has 1 aromatic heterocycles. The Morgan fingerprint density at radius 1 is 1.53 bits per heavy atom. The molecule has 0 amide bonds. The van der Waals surface area contributed by atoms with Crippen LogP contribution in [0.4, 0.5) is 0 Å². The highest BCUT2D eigenvalue weighted by atomic mass is 16.5. The Bertz CT molecular complexity index is 626. The molecule has 0 bridgehead atoms. The number of carboxylic acid groups (broad SMARTS) is 1. The molecule has 0 atom stereocenters. The monoisotopic (exact) mass is 261 g/mol. The van der Waals surface area contributed by atoms with Gasteiger partial charge in [0.25, 0.3) is 0 Å². The number of hydrogen-bond donors (Lipinski definition) is 1. The minimum atomic E-state index is -0.984. The molecule has 6 nitrogen and oxygen atoms in total. The zero-order chi connectivity index (χ0) is 13.5. The number of nitrogens with zero attached hydrogens (tertiary/aromatic N) is 3. The second-order valence-electron chi connectivity index (χ2n) is 4.97. The van der Waals surface area contributed by atoms with E-state index in [1.807, 2.05) is 6.07 Å². The maximum absolute atomic E-state index is 11.1. The molecule has 1 aliphatic carbocycles. The molecule has 100 valence electrons. The van der Waals surface area contributed by atoms with Crippen molar-refractivity contribution >= 4 is 17.0 Å². The highest BCUT2D eigenvalue weighted by Gasteiger charge is 2.38. The zero-order valence-electron chi connectivity index (χ0n) is 10.7. The molecule has 1 saturated carbocycles. The molecule has 3 rings (SSSR count). The lowest BCUT2D eigenvalue weighted by Gasteiger charge is -2.40. The second kappa shape index (κ2) is 4.31. The Hall–Kier alpha value is -1.95. The maximum Gasteiger partial charge on any atom is 0.338 e. The maximum atomic E-state index is 11.1. The van der Waals surface area contributed by atoms with Gasteiger partial charge in [0.2, 0.25) is 0 Å². The fourth-order valence-electron chi connectivity index (χ4n) is 2.55. The molecule has 2 aromatic rings. The van der Waals surface area contributed by atoms with Crippen LogP contribution in [0, 0.1) is 0 Å². The van der Waals surface area contributed by atoms with Crippen LogP contribution in [0.5, 0.6) is 0 Å². The van der Waals surface area contributed by atoms with Crippen LogP contribution >= 0.6 is 0 Å². The van der Waals surface area contributed by atoms with Crippen molar-refractivity contribution < 1.29 is 14.6 Å². The first-order valence-electron chi connectivity index (χ1n) is 6.26. The van der Waals surface area contributed by atoms with E-state index < -0.39 is 5.97 Å². The Morgan fingerprint density at radius 2 is 2.32 bits per heavy atom. The number of fused-ring (bicyclic) bond motifs is 1. The Morgan fingerprint density at radius 3 is 2.89 bits per heavy atom. The summed E-state index contributed by atoms with van der Waals surface area (Å²) in [5.74, 6) is -0.984. The molecule has 0 radical (unpaired) electrons. The van der Waals surface area contributed by atoms with E-state index in [1.54, 1.807) is 23.9 Å². The van der Waals surface area contributed by atoms with Crippen molar-refractivity contribution in [1.29, 1.82) is 0 Å². The summed E-state index contributed by atoms with van der Waals surface area (Å²) in [6, 6.07) is 5.09. The van der Waals surface area contributed by atoms with Crippen molar-refractivity contribution in [3.63, 3.8) is 0 Å². The lowest BCUT2D eigenvalue weighted by Crippen LogP contribution is -2.43. The largest absolute Gasteiger partial charge is 0.478 e. The molecular formula is C13H15N3O3. The quantitative estimate of drug-likeness (QED) is 0.906. The second-order valence-corrected chi connectivity index (χ2v) is 4.97. The van der Waals surface area contributed by atoms with E-state index in [0.717, 1.165) is 24.8 Å². The van der Waals surface area contributed by atoms with E-state index >= 15 is 0 Å². The predicted octanol–water partition coefficient (Wildman–Crippen LogP) is 1.70. The van der Waals surface area contributed by atoms with Crippen LogP contribution in [0.1, 0.15) is 29.6 Å². The average molecular weight is 261 g/mol. The van der Waals surface area contributed by atoms with Gasteiger partial charge in [-0.05, 0) is 31.4 Å². The fraction of sp³-hybridized carbons (Fsp3) is 0.462. The summed E-state index contributed by atoms with van der Waals surface area (Å²) in [4.78, 5) is 11.1. The number of ether oxygens (including phenoxy) is 1. The Kier molecular flexibility index (Phi) is 2.74. The van der Waals surface area contributed by atoms with Crippen LogP contribution in [0.2, 0.25) is 0 Å². The van der Waals surface area contributed by atoms with Gasteiger partial charge in [-0.3, -0.25) is 0 Å². The number of methoxy groups -OCH3 is 1. The molecule has 0 aliphatic heterocycles. The van der Waals surface area contributed by atoms with E-state index in [2.05, 4.69) is 10.3 Å². The van der Waals surface area contributed by atoms with E-state index in [9.17, 15) is 4.79 Å². The smallest absolute Gasteiger partial charge is 0.338 e. The number of benzene rings is 1. The van der Waals surface area contributed by atoms with Gasteiger partial charge in [-0.1, -0.05) is 11.3 Å². The number of carboxylic acids is 1. The first-order valence-corrected chi connectivity index (χ1v) is 6.26. The summed E-state index contributed by atoms with van der Waals surface area (Å²) in [6.07, 6.45) is 3.16. The highest BCUT2D eigenvalue weighted by molar-refractivity contribution is 6.00. The summed E-state index contributed by atoms with van der Waals surface area (Å²) < 4.78 is 7.31. The van der Waals surface area contributed by atoms with Crippen molar-refractivity contribution in [2.24, 2.45) is 0 Å². The summed E-state index contributed by atoms with van der Waals surface area (Å²) in [6.45, 7) is 0.614. The van der Waals surface area contributed by atoms with Crippen LogP contribution < -0.4 is 0 Å². The van der Waals surface area contributed by atoms with Crippen LogP contribution in [0.25, 0.3) is 11.0 Å². The number of hydrogen-bond acceptors (Lipinski definition) is 4. The third-order valence-corrected chi connectivity index (χ3v) is 3.91. The van der Waals surface area contributed by atoms with Gasteiger partial charge in [0.05, 0.1) is 23.2 Å². The van der Waals surface area contributed by atoms with Gasteiger partial charge in [0.15, 0.2) is 0 Å². The van der Waals surface area contributed by atoms with Gasteiger partial charge < -0.3 is 9.84 Å². The molecule has 19 heavy (non-hydrogen) atoms. The summed E-state index contributed by atoms with van der Waals surface area (Å²) >= 11 is 0. The molecule has 1 N–H and O–H groups in total. The molecule has 1 aromatic carbocycles. The minimum Gasteiger partial charge on any atom is -0.478 e. The third-order valence-electron chi connectivity index (χ3n) is 3.91.